The number of halogens is 1. The Bertz CT molecular complexity index is 643. The Kier molecular flexibility index (Phi) is 6.05. The third-order valence-electron chi connectivity index (χ3n) is 4.03. The molecule has 1 saturated carbocycles. The number of fused-ring (bicyclic) bond motifs is 1. The molecule has 120 valence electrons. The van der Waals surface area contributed by atoms with E-state index in [1.807, 2.05) is 7.05 Å². The van der Waals surface area contributed by atoms with E-state index in [0.29, 0.717) is 12.6 Å². The lowest BCUT2D eigenvalue weighted by Gasteiger charge is -2.16. The first-order chi connectivity index (χ1) is 10.2. The smallest absolute Gasteiger partial charge is 0.191 e. The van der Waals surface area contributed by atoms with Gasteiger partial charge in [-0.1, -0.05) is 18.9 Å². The molecular weight excluding hydrogens is 389 g/mol. The fourth-order valence-electron chi connectivity index (χ4n) is 2.89. The molecule has 1 aliphatic rings. The van der Waals surface area contributed by atoms with Crippen LogP contribution in [0.25, 0.3) is 11.0 Å². The molecule has 3 N–H and O–H groups in total. The third kappa shape index (κ3) is 4.12. The zero-order valence-electron chi connectivity index (χ0n) is 13.1. The first-order valence-corrected chi connectivity index (χ1v) is 7.67. The number of hydrogen-bond acceptors (Lipinski definition) is 2. The van der Waals surface area contributed by atoms with E-state index in [1.165, 1.54) is 31.2 Å². The number of aromatic amines is 1. The summed E-state index contributed by atoms with van der Waals surface area (Å²) >= 11 is 0. The Morgan fingerprint density at radius 2 is 2.14 bits per heavy atom. The maximum Gasteiger partial charge on any atom is 0.191 e. The molecule has 1 aliphatic carbocycles. The summed E-state index contributed by atoms with van der Waals surface area (Å²) in [6.45, 7) is 2.74. The number of nitrogens with one attached hydrogen (secondary N) is 3. The van der Waals surface area contributed by atoms with Crippen molar-refractivity contribution in [2.24, 2.45) is 4.99 Å². The van der Waals surface area contributed by atoms with E-state index in [2.05, 4.69) is 50.7 Å². The van der Waals surface area contributed by atoms with Crippen LogP contribution in [0, 0.1) is 6.92 Å². The predicted octanol–water partition coefficient (Wildman–Crippen LogP) is 3.10. The van der Waals surface area contributed by atoms with Gasteiger partial charge in [0, 0.05) is 13.1 Å². The lowest BCUT2D eigenvalue weighted by Crippen LogP contribution is -2.42. The molecule has 0 saturated heterocycles. The average Bonchev–Trinajstić information content (AvgIpc) is 3.11. The van der Waals surface area contributed by atoms with Crippen LogP contribution in [0.2, 0.25) is 0 Å². The number of hydrogen-bond donors (Lipinski definition) is 3. The van der Waals surface area contributed by atoms with Gasteiger partial charge in [-0.05, 0) is 37.5 Å². The van der Waals surface area contributed by atoms with Gasteiger partial charge >= 0.3 is 0 Å². The van der Waals surface area contributed by atoms with Crippen molar-refractivity contribution >= 4 is 41.0 Å². The second kappa shape index (κ2) is 7.80. The summed E-state index contributed by atoms with van der Waals surface area (Å²) < 4.78 is 0. The van der Waals surface area contributed by atoms with Crippen molar-refractivity contribution < 1.29 is 0 Å². The highest BCUT2D eigenvalue weighted by atomic mass is 127. The largest absolute Gasteiger partial charge is 0.354 e. The van der Waals surface area contributed by atoms with Crippen LogP contribution in [0.5, 0.6) is 0 Å². The van der Waals surface area contributed by atoms with Gasteiger partial charge in [0.15, 0.2) is 5.96 Å². The number of rotatable bonds is 3. The zero-order chi connectivity index (χ0) is 14.7. The Hall–Kier alpha value is -1.31. The standard InChI is InChI=1S/C16H23N5.HI/c1-11-7-8-13-14(9-11)21-15(20-13)10-18-16(17-2)19-12-5-3-4-6-12;/h7-9,12H,3-6,10H2,1-2H3,(H,20,21)(H2,17,18,19);1H. The van der Waals surface area contributed by atoms with Gasteiger partial charge in [-0.25, -0.2) is 4.98 Å². The fraction of sp³-hybridized carbons (Fsp3) is 0.500. The quantitative estimate of drug-likeness (QED) is 0.412. The summed E-state index contributed by atoms with van der Waals surface area (Å²) in [6, 6.07) is 6.82. The van der Waals surface area contributed by atoms with Crippen LogP contribution in [0.3, 0.4) is 0 Å². The molecule has 2 aromatic rings. The van der Waals surface area contributed by atoms with Gasteiger partial charge in [0.2, 0.25) is 0 Å². The minimum absolute atomic E-state index is 0. The predicted molar refractivity (Wildman–Crippen MR) is 102 cm³/mol. The van der Waals surface area contributed by atoms with E-state index in [9.17, 15) is 0 Å². The molecule has 0 radical (unpaired) electrons. The van der Waals surface area contributed by atoms with Gasteiger partial charge in [0.1, 0.15) is 5.82 Å². The number of aromatic nitrogens is 2. The molecule has 6 heteroatoms. The summed E-state index contributed by atoms with van der Waals surface area (Å²) in [5.41, 5.74) is 3.34. The Balaban J connectivity index is 0.00000176. The van der Waals surface area contributed by atoms with Crippen LogP contribution < -0.4 is 10.6 Å². The maximum atomic E-state index is 4.59. The second-order valence-corrected chi connectivity index (χ2v) is 5.76. The highest BCUT2D eigenvalue weighted by Gasteiger charge is 2.15. The van der Waals surface area contributed by atoms with Gasteiger partial charge in [0.25, 0.3) is 0 Å². The number of aliphatic imine (C=N–C) groups is 1. The van der Waals surface area contributed by atoms with Gasteiger partial charge in [-0.2, -0.15) is 0 Å². The van der Waals surface area contributed by atoms with Crippen LogP contribution >= 0.6 is 24.0 Å². The summed E-state index contributed by atoms with van der Waals surface area (Å²) in [5.74, 6) is 1.79. The SMILES string of the molecule is CN=C(NCc1nc2ccc(C)cc2[nH]1)NC1CCCC1.I. The maximum absolute atomic E-state index is 4.59. The van der Waals surface area contributed by atoms with E-state index in [-0.39, 0.29) is 24.0 Å². The van der Waals surface area contributed by atoms with Crippen molar-refractivity contribution in [3.8, 4) is 0 Å². The molecule has 0 aliphatic heterocycles. The Morgan fingerprint density at radius 1 is 1.36 bits per heavy atom. The minimum atomic E-state index is 0. The Labute approximate surface area is 148 Å². The summed E-state index contributed by atoms with van der Waals surface area (Å²) in [4.78, 5) is 12.2. The number of nitrogens with zero attached hydrogens (tertiary/aromatic N) is 2. The van der Waals surface area contributed by atoms with E-state index in [1.54, 1.807) is 0 Å². The van der Waals surface area contributed by atoms with E-state index >= 15 is 0 Å². The molecule has 3 rings (SSSR count). The van der Waals surface area contributed by atoms with Gasteiger partial charge in [-0.15, -0.1) is 24.0 Å². The first kappa shape index (κ1) is 17.1. The highest BCUT2D eigenvalue weighted by molar-refractivity contribution is 14.0. The monoisotopic (exact) mass is 413 g/mol. The number of guanidine groups is 1. The zero-order valence-corrected chi connectivity index (χ0v) is 15.5. The van der Waals surface area contributed by atoms with Crippen molar-refractivity contribution in [2.45, 2.75) is 45.2 Å². The average molecular weight is 413 g/mol. The van der Waals surface area contributed by atoms with E-state index < -0.39 is 0 Å². The minimum Gasteiger partial charge on any atom is -0.354 e. The first-order valence-electron chi connectivity index (χ1n) is 7.67. The molecule has 1 aromatic heterocycles. The summed E-state index contributed by atoms with van der Waals surface area (Å²) in [6.07, 6.45) is 5.12. The molecule has 0 atom stereocenters. The number of benzene rings is 1. The lowest BCUT2D eigenvalue weighted by molar-refractivity contribution is 0.612. The molecule has 0 spiro atoms. The fourth-order valence-corrected chi connectivity index (χ4v) is 2.89. The molecule has 0 unspecified atom stereocenters. The van der Waals surface area contributed by atoms with Gasteiger partial charge < -0.3 is 15.6 Å². The van der Waals surface area contributed by atoms with Crippen molar-refractivity contribution in [1.29, 1.82) is 0 Å². The van der Waals surface area contributed by atoms with Crippen LogP contribution in [-0.2, 0) is 6.54 Å². The highest BCUT2D eigenvalue weighted by Crippen LogP contribution is 2.17. The molecule has 5 nitrogen and oxygen atoms in total. The van der Waals surface area contributed by atoms with Crippen molar-refractivity contribution in [3.05, 3.63) is 29.6 Å². The summed E-state index contributed by atoms with van der Waals surface area (Å²) in [7, 11) is 1.81. The van der Waals surface area contributed by atoms with Crippen LogP contribution in [0.4, 0.5) is 0 Å². The van der Waals surface area contributed by atoms with Crippen LogP contribution in [0.15, 0.2) is 23.2 Å². The molecular formula is C16H24IN5. The van der Waals surface area contributed by atoms with Crippen LogP contribution in [-0.4, -0.2) is 29.0 Å². The van der Waals surface area contributed by atoms with Gasteiger partial charge in [0.05, 0.1) is 17.6 Å². The number of H-pyrrole nitrogens is 1. The number of imidazole rings is 1. The number of aryl methyl sites for hydroxylation is 1. The van der Waals surface area contributed by atoms with Crippen molar-refractivity contribution in [3.63, 3.8) is 0 Å². The molecule has 1 fully saturated rings. The molecule has 1 aromatic carbocycles. The van der Waals surface area contributed by atoms with Crippen molar-refractivity contribution in [1.82, 2.24) is 20.6 Å². The third-order valence-corrected chi connectivity index (χ3v) is 4.03. The van der Waals surface area contributed by atoms with Crippen molar-refractivity contribution in [2.75, 3.05) is 7.05 Å². The molecule has 22 heavy (non-hydrogen) atoms. The van der Waals surface area contributed by atoms with Gasteiger partial charge in [-0.3, -0.25) is 4.99 Å². The lowest BCUT2D eigenvalue weighted by atomic mass is 10.2. The normalized spacial score (nSPS) is 15.8. The van der Waals surface area contributed by atoms with E-state index in [0.717, 1.165) is 22.8 Å². The van der Waals surface area contributed by atoms with E-state index in [4.69, 9.17) is 0 Å². The van der Waals surface area contributed by atoms with Crippen LogP contribution in [0.1, 0.15) is 37.1 Å². The molecule has 0 amide bonds. The second-order valence-electron chi connectivity index (χ2n) is 5.76. The topological polar surface area (TPSA) is 65.1 Å². The Morgan fingerprint density at radius 3 is 2.86 bits per heavy atom. The molecule has 1 heterocycles. The summed E-state index contributed by atoms with van der Waals surface area (Å²) in [5, 5.41) is 6.81. The molecule has 0 bridgehead atoms.